The minimum absolute atomic E-state index is 0.286. The van der Waals surface area contributed by atoms with E-state index in [-0.39, 0.29) is 5.91 Å². The molecule has 1 fully saturated rings. The van der Waals surface area contributed by atoms with Crippen molar-refractivity contribution in [1.82, 2.24) is 13.7 Å². The van der Waals surface area contributed by atoms with Gasteiger partial charge in [0, 0.05) is 30.2 Å². The van der Waals surface area contributed by atoms with Crippen molar-refractivity contribution >= 4 is 27.3 Å². The summed E-state index contributed by atoms with van der Waals surface area (Å²) >= 11 is 0. The number of piperidine rings is 1. The number of fused-ring (bicyclic) bond motifs is 1. The molecular weight excluding hydrogens is 376 g/mol. The van der Waals surface area contributed by atoms with Crippen LogP contribution in [0.2, 0.25) is 0 Å². The second kappa shape index (κ2) is 7.37. The predicted octanol–water partition coefficient (Wildman–Crippen LogP) is 2.75. The van der Waals surface area contributed by atoms with E-state index in [0.29, 0.717) is 18.7 Å². The minimum atomic E-state index is -3.41. The van der Waals surface area contributed by atoms with Gasteiger partial charge in [0.2, 0.25) is 15.9 Å². The standard InChI is InChI=1S/C20H22N4O3S/c1-28(26,27)24-13-5-2-6-18(24)20(25)21-16-10-8-15(9-11-16)17-14-23-12-4-3-7-19(23)22-17/h3-4,7-12,14,18H,2,5-6,13H2,1H3,(H,21,25)/t18-/m0/s1. The number of imidazole rings is 1. The van der Waals surface area contributed by atoms with Crippen molar-refractivity contribution in [3.05, 3.63) is 54.9 Å². The SMILES string of the molecule is CS(=O)(=O)N1CCCC[C@H]1C(=O)Nc1ccc(-c2cn3ccccc3n2)cc1. The van der Waals surface area contributed by atoms with Crippen molar-refractivity contribution in [2.45, 2.75) is 25.3 Å². The highest BCUT2D eigenvalue weighted by Gasteiger charge is 2.34. The van der Waals surface area contributed by atoms with Gasteiger partial charge in [-0.15, -0.1) is 0 Å². The third kappa shape index (κ3) is 3.79. The monoisotopic (exact) mass is 398 g/mol. The van der Waals surface area contributed by atoms with Crippen LogP contribution in [-0.4, -0.2) is 46.9 Å². The quantitative estimate of drug-likeness (QED) is 0.732. The highest BCUT2D eigenvalue weighted by molar-refractivity contribution is 7.88. The molecule has 1 aromatic carbocycles. The number of carbonyl (C=O) groups is 1. The van der Waals surface area contributed by atoms with Crippen molar-refractivity contribution < 1.29 is 13.2 Å². The molecule has 1 aliphatic heterocycles. The maximum absolute atomic E-state index is 12.7. The molecule has 2 aromatic heterocycles. The van der Waals surface area contributed by atoms with Crippen LogP contribution >= 0.6 is 0 Å². The lowest BCUT2D eigenvalue weighted by Gasteiger charge is -2.32. The van der Waals surface area contributed by atoms with E-state index in [0.717, 1.165) is 36.0 Å². The van der Waals surface area contributed by atoms with Crippen LogP contribution in [0.4, 0.5) is 5.69 Å². The first kappa shape index (κ1) is 18.6. The van der Waals surface area contributed by atoms with Gasteiger partial charge in [-0.25, -0.2) is 13.4 Å². The molecule has 1 amide bonds. The molecule has 3 heterocycles. The Bertz CT molecular complexity index is 1070. The minimum Gasteiger partial charge on any atom is -0.325 e. The van der Waals surface area contributed by atoms with Gasteiger partial charge in [-0.2, -0.15) is 4.31 Å². The number of nitrogens with zero attached hydrogens (tertiary/aromatic N) is 3. The molecule has 28 heavy (non-hydrogen) atoms. The fourth-order valence-corrected chi connectivity index (χ4v) is 4.71. The number of amides is 1. The highest BCUT2D eigenvalue weighted by Crippen LogP contribution is 2.24. The maximum atomic E-state index is 12.7. The smallest absolute Gasteiger partial charge is 0.242 e. The normalized spacial score (nSPS) is 18.2. The number of hydrogen-bond acceptors (Lipinski definition) is 4. The van der Waals surface area contributed by atoms with Crippen molar-refractivity contribution in [2.75, 3.05) is 18.1 Å². The number of sulfonamides is 1. The van der Waals surface area contributed by atoms with Crippen molar-refractivity contribution in [3.8, 4) is 11.3 Å². The topological polar surface area (TPSA) is 83.8 Å². The molecule has 1 saturated heterocycles. The van der Waals surface area contributed by atoms with Crippen LogP contribution in [-0.2, 0) is 14.8 Å². The van der Waals surface area contributed by atoms with Gasteiger partial charge in [0.15, 0.2) is 0 Å². The number of pyridine rings is 1. The fourth-order valence-electron chi connectivity index (χ4n) is 3.59. The van der Waals surface area contributed by atoms with E-state index in [1.165, 1.54) is 4.31 Å². The van der Waals surface area contributed by atoms with Gasteiger partial charge in [0.05, 0.1) is 11.9 Å². The molecule has 0 unspecified atom stereocenters. The number of benzene rings is 1. The van der Waals surface area contributed by atoms with Crippen molar-refractivity contribution in [1.29, 1.82) is 0 Å². The van der Waals surface area contributed by atoms with E-state index >= 15 is 0 Å². The van der Waals surface area contributed by atoms with Crippen molar-refractivity contribution in [2.24, 2.45) is 0 Å². The van der Waals surface area contributed by atoms with E-state index in [1.807, 2.05) is 59.3 Å². The summed E-state index contributed by atoms with van der Waals surface area (Å²) < 4.78 is 27.2. The Balaban J connectivity index is 1.50. The number of nitrogens with one attached hydrogen (secondary N) is 1. The Labute approximate surface area is 164 Å². The molecule has 0 spiro atoms. The maximum Gasteiger partial charge on any atom is 0.242 e. The molecule has 1 N–H and O–H groups in total. The van der Waals surface area contributed by atoms with Crippen LogP contribution in [0.1, 0.15) is 19.3 Å². The summed E-state index contributed by atoms with van der Waals surface area (Å²) in [4.78, 5) is 17.3. The molecule has 0 radical (unpaired) electrons. The number of anilines is 1. The van der Waals surface area contributed by atoms with Gasteiger partial charge in [0.25, 0.3) is 0 Å². The van der Waals surface area contributed by atoms with Gasteiger partial charge in [-0.1, -0.05) is 24.6 Å². The lowest BCUT2D eigenvalue weighted by Crippen LogP contribution is -2.49. The van der Waals surface area contributed by atoms with E-state index in [1.54, 1.807) is 0 Å². The van der Waals surface area contributed by atoms with E-state index in [4.69, 9.17) is 0 Å². The zero-order valence-corrected chi connectivity index (χ0v) is 16.4. The summed E-state index contributed by atoms with van der Waals surface area (Å²) in [7, 11) is -3.41. The highest BCUT2D eigenvalue weighted by atomic mass is 32.2. The average Bonchev–Trinajstić information content (AvgIpc) is 3.12. The summed E-state index contributed by atoms with van der Waals surface area (Å²) in [5, 5.41) is 2.85. The molecule has 0 bridgehead atoms. The van der Waals surface area contributed by atoms with Gasteiger partial charge in [-0.05, 0) is 37.1 Å². The second-order valence-electron chi connectivity index (χ2n) is 7.04. The van der Waals surface area contributed by atoms with Crippen LogP contribution < -0.4 is 5.32 Å². The van der Waals surface area contributed by atoms with Crippen LogP contribution in [0.5, 0.6) is 0 Å². The molecule has 0 saturated carbocycles. The first-order valence-electron chi connectivity index (χ1n) is 9.24. The fraction of sp³-hybridized carbons (Fsp3) is 0.300. The van der Waals surface area contributed by atoms with Crippen LogP contribution in [0, 0.1) is 0 Å². The molecule has 0 aliphatic carbocycles. The Hall–Kier alpha value is -2.71. The number of aromatic nitrogens is 2. The summed E-state index contributed by atoms with van der Waals surface area (Å²) in [5.74, 6) is -0.286. The van der Waals surface area contributed by atoms with Gasteiger partial charge < -0.3 is 9.72 Å². The van der Waals surface area contributed by atoms with Gasteiger partial charge in [-0.3, -0.25) is 4.79 Å². The Kier molecular flexibility index (Phi) is 4.91. The summed E-state index contributed by atoms with van der Waals surface area (Å²) in [5.41, 5.74) is 3.29. The lowest BCUT2D eigenvalue weighted by molar-refractivity contribution is -0.120. The zero-order valence-electron chi connectivity index (χ0n) is 15.6. The van der Waals surface area contributed by atoms with Gasteiger partial charge >= 0.3 is 0 Å². The molecule has 7 nitrogen and oxygen atoms in total. The third-order valence-corrected chi connectivity index (χ3v) is 6.28. The Morgan fingerprint density at radius 1 is 1.14 bits per heavy atom. The first-order valence-corrected chi connectivity index (χ1v) is 11.1. The molecule has 4 rings (SSSR count). The van der Waals surface area contributed by atoms with Crippen LogP contribution in [0.3, 0.4) is 0 Å². The molecule has 3 aromatic rings. The summed E-state index contributed by atoms with van der Waals surface area (Å²) in [6.07, 6.45) is 7.22. The zero-order chi connectivity index (χ0) is 19.7. The van der Waals surface area contributed by atoms with Crippen LogP contribution in [0.25, 0.3) is 16.9 Å². The summed E-state index contributed by atoms with van der Waals surface area (Å²) in [6, 6.07) is 12.6. The van der Waals surface area contributed by atoms with E-state index < -0.39 is 16.1 Å². The van der Waals surface area contributed by atoms with Gasteiger partial charge in [0.1, 0.15) is 11.7 Å². The second-order valence-corrected chi connectivity index (χ2v) is 8.98. The molecule has 1 atom stereocenters. The van der Waals surface area contributed by atoms with Crippen molar-refractivity contribution in [3.63, 3.8) is 0 Å². The Morgan fingerprint density at radius 2 is 1.93 bits per heavy atom. The molecule has 146 valence electrons. The molecule has 8 heteroatoms. The lowest BCUT2D eigenvalue weighted by atomic mass is 10.0. The average molecular weight is 398 g/mol. The number of rotatable bonds is 4. The van der Waals surface area contributed by atoms with E-state index in [2.05, 4.69) is 10.3 Å². The Morgan fingerprint density at radius 3 is 2.64 bits per heavy atom. The van der Waals surface area contributed by atoms with Crippen LogP contribution in [0.15, 0.2) is 54.9 Å². The number of hydrogen-bond donors (Lipinski definition) is 1. The number of carbonyl (C=O) groups excluding carboxylic acids is 1. The molecule has 1 aliphatic rings. The summed E-state index contributed by atoms with van der Waals surface area (Å²) in [6.45, 7) is 0.393. The van der Waals surface area contributed by atoms with E-state index in [9.17, 15) is 13.2 Å². The first-order chi connectivity index (χ1) is 13.4. The largest absolute Gasteiger partial charge is 0.325 e. The molecular formula is C20H22N4O3S. The predicted molar refractivity (Wildman–Crippen MR) is 108 cm³/mol. The third-order valence-electron chi connectivity index (χ3n) is 4.99.